The molecule has 6 heteroatoms. The molecule has 0 atom stereocenters. The minimum absolute atomic E-state index is 0.0488. The fraction of sp³-hybridized carbons (Fsp3) is 0.300. The lowest BCUT2D eigenvalue weighted by Gasteiger charge is -2.32. The fourth-order valence-electron chi connectivity index (χ4n) is 3.30. The van der Waals surface area contributed by atoms with E-state index in [9.17, 15) is 4.79 Å². The topological polar surface area (TPSA) is 61.0 Å². The van der Waals surface area contributed by atoms with Gasteiger partial charge >= 0.3 is 0 Å². The molecule has 4 rings (SSSR count). The molecule has 0 aliphatic carbocycles. The first-order chi connectivity index (χ1) is 12.7. The van der Waals surface area contributed by atoms with Gasteiger partial charge in [0.2, 0.25) is 0 Å². The summed E-state index contributed by atoms with van der Waals surface area (Å²) in [6, 6.07) is 16.4. The smallest absolute Gasteiger partial charge is 0.261 e. The summed E-state index contributed by atoms with van der Waals surface area (Å²) in [5.41, 5.74) is 2.17. The Morgan fingerprint density at radius 3 is 2.65 bits per heavy atom. The highest BCUT2D eigenvalue weighted by Gasteiger charge is 2.23. The van der Waals surface area contributed by atoms with E-state index in [4.69, 9.17) is 0 Å². The largest absolute Gasteiger partial charge is 0.355 e. The van der Waals surface area contributed by atoms with Crippen molar-refractivity contribution >= 4 is 23.1 Å². The number of H-pyrrole nitrogens is 1. The van der Waals surface area contributed by atoms with Crippen molar-refractivity contribution in [3.8, 4) is 11.3 Å². The fourth-order valence-corrected chi connectivity index (χ4v) is 4.08. The Kier molecular flexibility index (Phi) is 4.75. The molecule has 1 aliphatic rings. The number of aromatic nitrogens is 2. The number of nitrogens with zero attached hydrogens (tertiary/aromatic N) is 2. The van der Waals surface area contributed by atoms with Crippen molar-refractivity contribution in [2.24, 2.45) is 0 Å². The third-order valence-corrected chi connectivity index (χ3v) is 5.77. The van der Waals surface area contributed by atoms with Crippen molar-refractivity contribution in [1.29, 1.82) is 0 Å². The van der Waals surface area contributed by atoms with Gasteiger partial charge in [-0.15, -0.1) is 11.3 Å². The molecule has 1 aromatic carbocycles. The molecule has 1 aliphatic heterocycles. The van der Waals surface area contributed by atoms with Crippen LogP contribution < -0.4 is 10.2 Å². The maximum Gasteiger partial charge on any atom is 0.261 e. The lowest BCUT2D eigenvalue weighted by Crippen LogP contribution is -2.44. The molecule has 26 heavy (non-hydrogen) atoms. The highest BCUT2D eigenvalue weighted by Crippen LogP contribution is 2.24. The van der Waals surface area contributed by atoms with E-state index in [0.717, 1.165) is 52.8 Å². The standard InChI is InChI=1S/C20H22N4OS/c1-14-7-8-18(26-14)20(25)21-16-9-11-24(12-10-16)19-13-17(22-23-19)15-5-3-2-4-6-15/h2-8,13,16H,9-12H2,1H3,(H,21,25)(H,22,23). The van der Waals surface area contributed by atoms with Crippen LogP contribution in [0, 0.1) is 6.92 Å². The summed E-state index contributed by atoms with van der Waals surface area (Å²) in [5.74, 6) is 1.02. The Morgan fingerprint density at radius 2 is 1.96 bits per heavy atom. The van der Waals surface area contributed by atoms with Gasteiger partial charge in [-0.3, -0.25) is 9.89 Å². The number of aryl methyl sites for hydroxylation is 1. The number of carbonyl (C=O) groups excluding carboxylic acids is 1. The molecule has 0 unspecified atom stereocenters. The molecule has 1 saturated heterocycles. The number of carbonyl (C=O) groups is 1. The van der Waals surface area contributed by atoms with Gasteiger partial charge in [-0.1, -0.05) is 30.3 Å². The number of amides is 1. The van der Waals surface area contributed by atoms with E-state index in [1.165, 1.54) is 0 Å². The number of hydrogen-bond donors (Lipinski definition) is 2. The van der Waals surface area contributed by atoms with Crippen LogP contribution in [0.2, 0.25) is 0 Å². The predicted molar refractivity (Wildman–Crippen MR) is 106 cm³/mol. The van der Waals surface area contributed by atoms with Gasteiger partial charge in [0, 0.05) is 30.1 Å². The molecule has 3 heterocycles. The molecule has 1 fully saturated rings. The normalized spacial score (nSPS) is 15.2. The number of piperidine rings is 1. The summed E-state index contributed by atoms with van der Waals surface area (Å²) in [6.07, 6.45) is 1.87. The van der Waals surface area contributed by atoms with Gasteiger partial charge < -0.3 is 10.2 Å². The van der Waals surface area contributed by atoms with Crippen molar-refractivity contribution in [3.63, 3.8) is 0 Å². The SMILES string of the molecule is Cc1ccc(C(=O)NC2CCN(c3cc(-c4ccccc4)[nH]n3)CC2)s1. The van der Waals surface area contributed by atoms with Crippen LogP contribution in [0.15, 0.2) is 48.5 Å². The van der Waals surface area contributed by atoms with Crippen LogP contribution in [0.5, 0.6) is 0 Å². The zero-order valence-corrected chi connectivity index (χ0v) is 15.6. The summed E-state index contributed by atoms with van der Waals surface area (Å²) in [6.45, 7) is 3.81. The minimum atomic E-state index is 0.0488. The van der Waals surface area contributed by atoms with Crippen LogP contribution in [0.3, 0.4) is 0 Å². The Bertz CT molecular complexity index is 878. The summed E-state index contributed by atoms with van der Waals surface area (Å²) < 4.78 is 0. The molecule has 134 valence electrons. The van der Waals surface area contributed by atoms with E-state index in [1.807, 2.05) is 37.3 Å². The molecule has 2 N–H and O–H groups in total. The minimum Gasteiger partial charge on any atom is -0.355 e. The lowest BCUT2D eigenvalue weighted by atomic mass is 10.0. The van der Waals surface area contributed by atoms with Gasteiger partial charge in [0.15, 0.2) is 5.82 Å². The number of aromatic amines is 1. The van der Waals surface area contributed by atoms with Crippen LogP contribution in [-0.2, 0) is 0 Å². The zero-order valence-electron chi connectivity index (χ0n) is 14.7. The van der Waals surface area contributed by atoms with Gasteiger partial charge in [0.25, 0.3) is 5.91 Å². The van der Waals surface area contributed by atoms with Crippen LogP contribution in [0.4, 0.5) is 5.82 Å². The average molecular weight is 366 g/mol. The second-order valence-corrected chi connectivity index (χ2v) is 7.94. The first-order valence-electron chi connectivity index (χ1n) is 8.92. The first kappa shape index (κ1) is 16.8. The second kappa shape index (κ2) is 7.33. The predicted octanol–water partition coefficient (Wildman–Crippen LogP) is 3.85. The molecule has 0 saturated carbocycles. The number of nitrogens with one attached hydrogen (secondary N) is 2. The Balaban J connectivity index is 1.34. The second-order valence-electron chi connectivity index (χ2n) is 6.65. The molecule has 3 aromatic rings. The average Bonchev–Trinajstić information content (AvgIpc) is 3.32. The molecular weight excluding hydrogens is 344 g/mol. The highest BCUT2D eigenvalue weighted by molar-refractivity contribution is 7.13. The summed E-state index contributed by atoms with van der Waals surface area (Å²) in [5, 5.41) is 10.8. The Hall–Kier alpha value is -2.60. The Morgan fingerprint density at radius 1 is 1.19 bits per heavy atom. The van der Waals surface area contributed by atoms with E-state index in [0.29, 0.717) is 0 Å². The van der Waals surface area contributed by atoms with E-state index >= 15 is 0 Å². The quantitative estimate of drug-likeness (QED) is 0.737. The van der Waals surface area contributed by atoms with Gasteiger partial charge in [-0.25, -0.2) is 0 Å². The van der Waals surface area contributed by atoms with Crippen LogP contribution >= 0.6 is 11.3 Å². The van der Waals surface area contributed by atoms with Crippen molar-refractivity contribution in [2.45, 2.75) is 25.8 Å². The van der Waals surface area contributed by atoms with Crippen LogP contribution in [0.1, 0.15) is 27.4 Å². The molecular formula is C20H22N4OS. The molecule has 5 nitrogen and oxygen atoms in total. The van der Waals surface area contributed by atoms with Crippen molar-refractivity contribution in [2.75, 3.05) is 18.0 Å². The molecule has 0 radical (unpaired) electrons. The van der Waals surface area contributed by atoms with Gasteiger partial charge in [0.1, 0.15) is 0 Å². The van der Waals surface area contributed by atoms with Crippen molar-refractivity contribution in [3.05, 3.63) is 58.3 Å². The van der Waals surface area contributed by atoms with E-state index < -0.39 is 0 Å². The zero-order chi connectivity index (χ0) is 17.9. The summed E-state index contributed by atoms with van der Waals surface area (Å²) in [7, 11) is 0. The maximum atomic E-state index is 12.3. The monoisotopic (exact) mass is 366 g/mol. The third-order valence-electron chi connectivity index (χ3n) is 4.77. The molecule has 0 spiro atoms. The molecule has 2 aromatic heterocycles. The van der Waals surface area contributed by atoms with Gasteiger partial charge in [-0.05, 0) is 37.5 Å². The highest BCUT2D eigenvalue weighted by atomic mass is 32.1. The molecule has 1 amide bonds. The lowest BCUT2D eigenvalue weighted by molar-refractivity contribution is 0.0935. The number of thiophene rings is 1. The number of anilines is 1. The number of benzene rings is 1. The van der Waals surface area contributed by atoms with Crippen molar-refractivity contribution < 1.29 is 4.79 Å². The van der Waals surface area contributed by atoms with Crippen LogP contribution in [0.25, 0.3) is 11.3 Å². The van der Waals surface area contributed by atoms with E-state index in [1.54, 1.807) is 11.3 Å². The third kappa shape index (κ3) is 3.65. The maximum absolute atomic E-state index is 12.3. The molecule has 0 bridgehead atoms. The van der Waals surface area contributed by atoms with Crippen LogP contribution in [-0.4, -0.2) is 35.2 Å². The Labute approximate surface area is 157 Å². The van der Waals surface area contributed by atoms with Crippen molar-refractivity contribution in [1.82, 2.24) is 15.5 Å². The summed E-state index contributed by atoms with van der Waals surface area (Å²) in [4.78, 5) is 16.5. The van der Waals surface area contributed by atoms with Gasteiger partial charge in [0.05, 0.1) is 10.6 Å². The van der Waals surface area contributed by atoms with Gasteiger partial charge in [-0.2, -0.15) is 5.10 Å². The number of hydrogen-bond acceptors (Lipinski definition) is 4. The first-order valence-corrected chi connectivity index (χ1v) is 9.74. The van der Waals surface area contributed by atoms with E-state index in [2.05, 4.69) is 38.6 Å². The number of rotatable bonds is 4. The van der Waals surface area contributed by atoms with E-state index in [-0.39, 0.29) is 11.9 Å². The summed E-state index contributed by atoms with van der Waals surface area (Å²) >= 11 is 1.55.